The first-order valence-corrected chi connectivity index (χ1v) is 7.97. The lowest BCUT2D eigenvalue weighted by Gasteiger charge is -2.18. The number of nitrogens with zero attached hydrogens (tertiary/aromatic N) is 3. The maximum atomic E-state index is 12.2. The minimum absolute atomic E-state index is 0.199. The van der Waals surface area contributed by atoms with E-state index in [1.54, 1.807) is 7.11 Å². The molecule has 0 saturated carbocycles. The molecule has 3 rings (SSSR count). The summed E-state index contributed by atoms with van der Waals surface area (Å²) in [7, 11) is 1.62. The molecule has 1 aromatic carbocycles. The van der Waals surface area contributed by atoms with Gasteiger partial charge in [0.1, 0.15) is 12.4 Å². The number of rotatable bonds is 5. The van der Waals surface area contributed by atoms with Gasteiger partial charge in [-0.1, -0.05) is 13.3 Å². The van der Waals surface area contributed by atoms with Crippen LogP contribution in [-0.4, -0.2) is 34.0 Å². The summed E-state index contributed by atoms with van der Waals surface area (Å²) >= 11 is 6.26. The van der Waals surface area contributed by atoms with Crippen LogP contribution in [0, 0.1) is 5.92 Å². The topological polar surface area (TPSA) is 47.4 Å². The molecule has 1 aliphatic rings. The first-order chi connectivity index (χ1) is 10.6. The van der Waals surface area contributed by atoms with E-state index in [2.05, 4.69) is 11.9 Å². The third-order valence-corrected chi connectivity index (χ3v) is 4.50. The summed E-state index contributed by atoms with van der Waals surface area (Å²) in [5.74, 6) is 1.41. The Balaban J connectivity index is 1.85. The number of carbonyl (C=O) groups is 1. The molecule has 0 spiro atoms. The van der Waals surface area contributed by atoms with Gasteiger partial charge in [-0.25, -0.2) is 4.98 Å². The summed E-state index contributed by atoms with van der Waals surface area (Å²) in [5, 5.41) is 0.398. The van der Waals surface area contributed by atoms with E-state index in [-0.39, 0.29) is 5.91 Å². The summed E-state index contributed by atoms with van der Waals surface area (Å²) in [6.45, 7) is 3.42. The normalized spacial score (nSPS) is 18.4. The lowest BCUT2D eigenvalue weighted by Crippen LogP contribution is -2.28. The van der Waals surface area contributed by atoms with Gasteiger partial charge in [0.15, 0.2) is 0 Å². The number of aromatic nitrogens is 2. The molecule has 1 fully saturated rings. The highest BCUT2D eigenvalue weighted by Crippen LogP contribution is 2.27. The van der Waals surface area contributed by atoms with Crippen molar-refractivity contribution in [2.45, 2.75) is 32.9 Å². The minimum Gasteiger partial charge on any atom is -0.497 e. The third-order valence-electron chi connectivity index (χ3n) is 4.21. The van der Waals surface area contributed by atoms with Crippen LogP contribution >= 0.6 is 11.6 Å². The first-order valence-electron chi connectivity index (χ1n) is 7.60. The summed E-state index contributed by atoms with van der Waals surface area (Å²) in [6.07, 6.45) is 2.85. The predicted octanol–water partition coefficient (Wildman–Crippen LogP) is 3.30. The van der Waals surface area contributed by atoms with Gasteiger partial charge in [-0.05, 0) is 36.1 Å². The maximum Gasteiger partial charge on any atom is 0.224 e. The SMILES string of the molecule is CCCC1CC(=O)N(Cn2c(Cl)nc3cc(OC)ccc32)C1. The highest BCUT2D eigenvalue weighted by atomic mass is 35.5. The van der Waals surface area contributed by atoms with E-state index in [1.807, 2.05) is 27.7 Å². The van der Waals surface area contributed by atoms with Crippen LogP contribution in [0.4, 0.5) is 0 Å². The van der Waals surface area contributed by atoms with Gasteiger partial charge >= 0.3 is 0 Å². The molecule has 22 heavy (non-hydrogen) atoms. The minimum atomic E-state index is 0.199. The smallest absolute Gasteiger partial charge is 0.224 e. The number of hydrogen-bond acceptors (Lipinski definition) is 3. The highest BCUT2D eigenvalue weighted by molar-refractivity contribution is 6.29. The zero-order valence-corrected chi connectivity index (χ0v) is 13.6. The van der Waals surface area contributed by atoms with Gasteiger partial charge in [-0.15, -0.1) is 0 Å². The molecule has 1 unspecified atom stereocenters. The fraction of sp³-hybridized carbons (Fsp3) is 0.500. The number of hydrogen-bond donors (Lipinski definition) is 0. The Bertz CT molecular complexity index is 698. The molecule has 5 nitrogen and oxygen atoms in total. The van der Waals surface area contributed by atoms with Crippen molar-refractivity contribution in [3.05, 3.63) is 23.5 Å². The van der Waals surface area contributed by atoms with Crippen LogP contribution < -0.4 is 4.74 Å². The molecular weight excluding hydrogens is 302 g/mol. The number of halogens is 1. The second-order valence-electron chi connectivity index (χ2n) is 5.78. The average molecular weight is 322 g/mol. The van der Waals surface area contributed by atoms with Gasteiger partial charge in [-0.2, -0.15) is 0 Å². The Morgan fingerprint density at radius 3 is 3.00 bits per heavy atom. The lowest BCUT2D eigenvalue weighted by atomic mass is 10.0. The van der Waals surface area contributed by atoms with Gasteiger partial charge in [0.25, 0.3) is 0 Å². The fourth-order valence-electron chi connectivity index (χ4n) is 3.10. The van der Waals surface area contributed by atoms with Crippen molar-refractivity contribution in [2.75, 3.05) is 13.7 Å². The lowest BCUT2D eigenvalue weighted by molar-refractivity contribution is -0.129. The molecule has 0 bridgehead atoms. The van der Waals surface area contributed by atoms with E-state index >= 15 is 0 Å². The molecule has 1 aliphatic heterocycles. The standard InChI is InChI=1S/C16H20ClN3O2/c1-3-4-11-7-15(21)19(9-11)10-20-14-6-5-12(22-2)8-13(14)18-16(20)17/h5-6,8,11H,3-4,7,9-10H2,1-2H3. The summed E-state index contributed by atoms with van der Waals surface area (Å²) < 4.78 is 7.08. The Morgan fingerprint density at radius 1 is 1.45 bits per heavy atom. The Kier molecular flexibility index (Phi) is 4.25. The summed E-state index contributed by atoms with van der Waals surface area (Å²) in [6, 6.07) is 5.66. The van der Waals surface area contributed by atoms with E-state index in [0.717, 1.165) is 36.2 Å². The quantitative estimate of drug-likeness (QED) is 0.849. The molecule has 2 heterocycles. The van der Waals surface area contributed by atoms with Crippen molar-refractivity contribution in [3.8, 4) is 5.75 Å². The van der Waals surface area contributed by atoms with E-state index in [9.17, 15) is 4.79 Å². The van der Waals surface area contributed by atoms with Crippen molar-refractivity contribution >= 4 is 28.5 Å². The molecule has 2 aromatic rings. The van der Waals surface area contributed by atoms with Crippen molar-refractivity contribution in [2.24, 2.45) is 5.92 Å². The van der Waals surface area contributed by atoms with Crippen LogP contribution in [0.15, 0.2) is 18.2 Å². The number of imidazole rings is 1. The Hall–Kier alpha value is -1.75. The van der Waals surface area contributed by atoms with Crippen LogP contribution in [0.3, 0.4) is 0 Å². The van der Waals surface area contributed by atoms with Gasteiger partial charge in [0.05, 0.1) is 18.1 Å². The van der Waals surface area contributed by atoms with Crippen LogP contribution in [0.2, 0.25) is 5.28 Å². The Morgan fingerprint density at radius 2 is 2.27 bits per heavy atom. The molecular formula is C16H20ClN3O2. The van der Waals surface area contributed by atoms with E-state index in [4.69, 9.17) is 16.3 Å². The van der Waals surface area contributed by atoms with Gasteiger partial charge in [0.2, 0.25) is 11.2 Å². The maximum absolute atomic E-state index is 12.2. The number of amides is 1. The number of carbonyl (C=O) groups excluding carboxylic acids is 1. The molecule has 1 amide bonds. The molecule has 0 aliphatic carbocycles. The molecule has 0 N–H and O–H groups in total. The van der Waals surface area contributed by atoms with Gasteiger partial charge in [-0.3, -0.25) is 9.36 Å². The average Bonchev–Trinajstić information content (AvgIpc) is 3.00. The molecule has 118 valence electrons. The second kappa shape index (κ2) is 6.16. The number of fused-ring (bicyclic) bond motifs is 1. The van der Waals surface area contributed by atoms with Crippen LogP contribution in [0.25, 0.3) is 11.0 Å². The number of ether oxygens (including phenoxy) is 1. The molecule has 1 aromatic heterocycles. The molecule has 1 atom stereocenters. The van der Waals surface area contributed by atoms with E-state index < -0.39 is 0 Å². The Labute approximate surface area is 134 Å². The van der Waals surface area contributed by atoms with Crippen LogP contribution in [0.5, 0.6) is 5.75 Å². The van der Waals surface area contributed by atoms with E-state index in [0.29, 0.717) is 24.3 Å². The monoisotopic (exact) mass is 321 g/mol. The molecule has 1 saturated heterocycles. The van der Waals surface area contributed by atoms with Crippen molar-refractivity contribution in [1.29, 1.82) is 0 Å². The highest BCUT2D eigenvalue weighted by Gasteiger charge is 2.29. The second-order valence-corrected chi connectivity index (χ2v) is 6.12. The number of methoxy groups -OCH3 is 1. The molecule has 0 radical (unpaired) electrons. The third kappa shape index (κ3) is 2.77. The number of likely N-dealkylation sites (tertiary alicyclic amines) is 1. The summed E-state index contributed by atoms with van der Waals surface area (Å²) in [4.78, 5) is 18.4. The van der Waals surface area contributed by atoms with Crippen molar-refractivity contribution in [3.63, 3.8) is 0 Å². The fourth-order valence-corrected chi connectivity index (χ4v) is 3.34. The number of benzene rings is 1. The van der Waals surface area contributed by atoms with Gasteiger partial charge < -0.3 is 9.64 Å². The van der Waals surface area contributed by atoms with Crippen molar-refractivity contribution < 1.29 is 9.53 Å². The van der Waals surface area contributed by atoms with Gasteiger partial charge in [0, 0.05) is 19.0 Å². The largest absolute Gasteiger partial charge is 0.497 e. The van der Waals surface area contributed by atoms with Crippen LogP contribution in [0.1, 0.15) is 26.2 Å². The zero-order valence-electron chi connectivity index (χ0n) is 12.9. The summed E-state index contributed by atoms with van der Waals surface area (Å²) in [5.41, 5.74) is 1.69. The van der Waals surface area contributed by atoms with Crippen LogP contribution in [-0.2, 0) is 11.5 Å². The zero-order chi connectivity index (χ0) is 15.7. The first kappa shape index (κ1) is 15.2. The molecule has 6 heteroatoms. The van der Waals surface area contributed by atoms with E-state index in [1.165, 1.54) is 0 Å². The van der Waals surface area contributed by atoms with Crippen molar-refractivity contribution in [1.82, 2.24) is 14.5 Å². The predicted molar refractivity (Wildman–Crippen MR) is 86.0 cm³/mol.